The average Bonchev–Trinajstić information content (AvgIpc) is 3.07. The molecule has 154 valence electrons. The number of benzene rings is 2. The summed E-state index contributed by atoms with van der Waals surface area (Å²) in [4.78, 5) is 11.8. The Bertz CT molecular complexity index is 1200. The maximum Gasteiger partial charge on any atom is 0.324 e. The lowest BCUT2D eigenvalue weighted by Gasteiger charge is -2.19. The molecule has 1 heterocycles. The first kappa shape index (κ1) is 20.8. The van der Waals surface area contributed by atoms with Crippen molar-refractivity contribution in [2.24, 2.45) is 5.92 Å². The molecule has 4 N–H and O–H groups in total. The van der Waals surface area contributed by atoms with Crippen molar-refractivity contribution in [2.45, 2.75) is 24.8 Å². The van der Waals surface area contributed by atoms with Crippen LogP contribution in [0.2, 0.25) is 0 Å². The van der Waals surface area contributed by atoms with E-state index in [2.05, 4.69) is 9.46 Å². The van der Waals surface area contributed by atoms with Gasteiger partial charge in [0, 0.05) is 22.4 Å². The zero-order valence-corrected chi connectivity index (χ0v) is 16.8. The third kappa shape index (κ3) is 3.95. The third-order valence-electron chi connectivity index (χ3n) is 4.56. The van der Waals surface area contributed by atoms with E-state index in [1.165, 1.54) is 19.2 Å². The van der Waals surface area contributed by atoms with Gasteiger partial charge >= 0.3 is 5.97 Å². The van der Waals surface area contributed by atoms with E-state index < -0.39 is 22.0 Å². The Hall–Kier alpha value is -2.95. The number of carbonyl (C=O) groups is 1. The van der Waals surface area contributed by atoms with Crippen LogP contribution in [0.15, 0.2) is 45.7 Å². The predicted molar refractivity (Wildman–Crippen MR) is 106 cm³/mol. The first-order chi connectivity index (χ1) is 13.7. The third-order valence-corrected chi connectivity index (χ3v) is 6.00. The highest BCUT2D eigenvalue weighted by atomic mass is 32.2. The Morgan fingerprint density at radius 3 is 2.48 bits per heavy atom. The van der Waals surface area contributed by atoms with Gasteiger partial charge in [0.25, 0.3) is 0 Å². The van der Waals surface area contributed by atoms with Gasteiger partial charge in [-0.3, -0.25) is 20.9 Å². The van der Waals surface area contributed by atoms with Crippen LogP contribution in [0.4, 0.5) is 0 Å². The molecule has 9 nitrogen and oxygen atoms in total. The molecule has 10 heteroatoms. The second kappa shape index (κ2) is 7.82. The number of amidine groups is 1. The lowest BCUT2D eigenvalue weighted by atomic mass is 10.1. The van der Waals surface area contributed by atoms with Crippen LogP contribution in [0.25, 0.3) is 21.9 Å². The number of hydroxylamine groups is 1. The Kier molecular flexibility index (Phi) is 5.60. The lowest BCUT2D eigenvalue weighted by Crippen LogP contribution is -2.44. The largest absolute Gasteiger partial charge is 0.468 e. The Balaban J connectivity index is 2.03. The van der Waals surface area contributed by atoms with E-state index in [-0.39, 0.29) is 16.6 Å². The Morgan fingerprint density at radius 2 is 1.86 bits per heavy atom. The minimum Gasteiger partial charge on any atom is -0.468 e. The summed E-state index contributed by atoms with van der Waals surface area (Å²) < 4.78 is 38.4. The van der Waals surface area contributed by atoms with E-state index in [0.717, 1.165) is 0 Å². The zero-order valence-electron chi connectivity index (χ0n) is 16.0. The molecule has 1 aromatic heterocycles. The van der Waals surface area contributed by atoms with E-state index in [1.807, 2.05) is 0 Å². The summed E-state index contributed by atoms with van der Waals surface area (Å²) in [6, 6.07) is 8.26. The smallest absolute Gasteiger partial charge is 0.324 e. The highest BCUT2D eigenvalue weighted by molar-refractivity contribution is 7.89. The Morgan fingerprint density at radius 1 is 1.14 bits per heavy atom. The van der Waals surface area contributed by atoms with Crippen LogP contribution in [0.3, 0.4) is 0 Å². The van der Waals surface area contributed by atoms with E-state index in [0.29, 0.717) is 27.5 Å². The van der Waals surface area contributed by atoms with Crippen molar-refractivity contribution in [3.05, 3.63) is 42.0 Å². The standard InChI is InChI=1S/C19H21N3O6S/c1-10(2)17(19(23)27-3)22-29(25,26)12-5-6-13-14-8-11(18(20)21-24)4-7-15(14)28-16(13)9-12/h4-10,17,22,24H,1-3H3,(H2,20,21). The Labute approximate surface area is 167 Å². The van der Waals surface area contributed by atoms with Gasteiger partial charge in [-0.1, -0.05) is 13.8 Å². The second-order valence-corrected chi connectivity index (χ2v) is 8.54. The number of hydrogen-bond donors (Lipinski definition) is 4. The molecule has 29 heavy (non-hydrogen) atoms. The van der Waals surface area contributed by atoms with Crippen molar-refractivity contribution in [3.8, 4) is 0 Å². The number of nitrogens with one attached hydrogen (secondary N) is 3. The minimum atomic E-state index is -4.00. The molecule has 0 amide bonds. The van der Waals surface area contributed by atoms with Crippen LogP contribution in [-0.4, -0.2) is 38.6 Å². The molecule has 0 aliphatic heterocycles. The number of fused-ring (bicyclic) bond motifs is 3. The molecule has 0 saturated carbocycles. The van der Waals surface area contributed by atoms with Crippen molar-refractivity contribution >= 4 is 43.8 Å². The van der Waals surface area contributed by atoms with Crippen LogP contribution >= 0.6 is 0 Å². The molecular weight excluding hydrogens is 398 g/mol. The van der Waals surface area contributed by atoms with Crippen molar-refractivity contribution in [1.82, 2.24) is 10.2 Å². The SMILES string of the molecule is COC(=O)C(NS(=O)(=O)c1ccc2c(c1)oc1ccc(C(=N)NO)cc12)C(C)C. The molecule has 1 unspecified atom stereocenters. The average molecular weight is 419 g/mol. The summed E-state index contributed by atoms with van der Waals surface area (Å²) in [6.07, 6.45) is 0. The van der Waals surface area contributed by atoms with Crippen LogP contribution in [0, 0.1) is 11.3 Å². The summed E-state index contributed by atoms with van der Waals surface area (Å²) in [5.74, 6) is -1.14. The summed E-state index contributed by atoms with van der Waals surface area (Å²) in [7, 11) is -2.80. The number of methoxy groups -OCH3 is 1. The van der Waals surface area contributed by atoms with Crippen LogP contribution < -0.4 is 10.2 Å². The molecule has 3 rings (SSSR count). The lowest BCUT2D eigenvalue weighted by molar-refractivity contribution is -0.143. The second-order valence-electron chi connectivity index (χ2n) is 6.82. The summed E-state index contributed by atoms with van der Waals surface area (Å²) in [6.45, 7) is 3.42. The number of ether oxygens (including phenoxy) is 1. The fourth-order valence-corrected chi connectivity index (χ4v) is 4.31. The number of hydrogen-bond acceptors (Lipinski definition) is 7. The van der Waals surface area contributed by atoms with Gasteiger partial charge in [-0.15, -0.1) is 0 Å². The van der Waals surface area contributed by atoms with Gasteiger partial charge in [-0.2, -0.15) is 4.72 Å². The van der Waals surface area contributed by atoms with Gasteiger partial charge in [0.2, 0.25) is 10.0 Å². The maximum atomic E-state index is 12.8. The van der Waals surface area contributed by atoms with Gasteiger partial charge in [0.05, 0.1) is 12.0 Å². The summed E-state index contributed by atoms with van der Waals surface area (Å²) in [5, 5.41) is 17.9. The van der Waals surface area contributed by atoms with Gasteiger partial charge in [0.15, 0.2) is 0 Å². The monoisotopic (exact) mass is 419 g/mol. The van der Waals surface area contributed by atoms with E-state index in [9.17, 15) is 13.2 Å². The van der Waals surface area contributed by atoms with E-state index in [4.69, 9.17) is 15.0 Å². The molecule has 0 radical (unpaired) electrons. The molecule has 0 bridgehead atoms. The normalized spacial score (nSPS) is 13.0. The first-order valence-electron chi connectivity index (χ1n) is 8.73. The fraction of sp³-hybridized carbons (Fsp3) is 0.263. The predicted octanol–water partition coefficient (Wildman–Crippen LogP) is 2.37. The van der Waals surface area contributed by atoms with Gasteiger partial charge in [0.1, 0.15) is 23.0 Å². The van der Waals surface area contributed by atoms with Gasteiger partial charge in [-0.25, -0.2) is 8.42 Å². The first-order valence-corrected chi connectivity index (χ1v) is 10.2. The van der Waals surface area contributed by atoms with E-state index in [1.54, 1.807) is 43.6 Å². The number of carbonyl (C=O) groups excluding carboxylic acids is 1. The van der Waals surface area contributed by atoms with Crippen LogP contribution in [0.1, 0.15) is 19.4 Å². The quantitative estimate of drug-likeness (QED) is 0.208. The summed E-state index contributed by atoms with van der Waals surface area (Å²) >= 11 is 0. The molecule has 0 spiro atoms. The van der Waals surface area contributed by atoms with Crippen molar-refractivity contribution in [3.63, 3.8) is 0 Å². The molecule has 3 aromatic rings. The zero-order chi connectivity index (χ0) is 21.3. The minimum absolute atomic E-state index is 0.0522. The topological polar surface area (TPSA) is 142 Å². The molecule has 0 aliphatic carbocycles. The molecule has 0 aliphatic rings. The van der Waals surface area contributed by atoms with Gasteiger partial charge < -0.3 is 9.15 Å². The fourth-order valence-electron chi connectivity index (χ4n) is 2.96. The maximum absolute atomic E-state index is 12.8. The van der Waals surface area contributed by atoms with E-state index >= 15 is 0 Å². The highest BCUT2D eigenvalue weighted by Gasteiger charge is 2.29. The highest BCUT2D eigenvalue weighted by Crippen LogP contribution is 2.31. The van der Waals surface area contributed by atoms with Crippen LogP contribution in [0.5, 0.6) is 0 Å². The molecular formula is C19H21N3O6S. The number of sulfonamides is 1. The van der Waals surface area contributed by atoms with Gasteiger partial charge in [-0.05, 0) is 36.2 Å². The number of furan rings is 1. The number of rotatable bonds is 6. The molecule has 1 atom stereocenters. The van der Waals surface area contributed by atoms with Crippen molar-refractivity contribution < 1.29 is 27.6 Å². The number of esters is 1. The molecule has 0 fully saturated rings. The van der Waals surface area contributed by atoms with Crippen molar-refractivity contribution in [2.75, 3.05) is 7.11 Å². The summed E-state index contributed by atoms with van der Waals surface area (Å²) in [5.41, 5.74) is 3.07. The molecule has 2 aromatic carbocycles. The molecule has 0 saturated heterocycles. The van der Waals surface area contributed by atoms with Crippen molar-refractivity contribution in [1.29, 1.82) is 5.41 Å². The van der Waals surface area contributed by atoms with Crippen LogP contribution in [-0.2, 0) is 19.6 Å².